The molecule has 0 aliphatic heterocycles. The Morgan fingerprint density at radius 3 is 2.21 bits per heavy atom. The van der Waals surface area contributed by atoms with Crippen molar-refractivity contribution in [3.8, 4) is 0 Å². The fourth-order valence-corrected chi connectivity index (χ4v) is 4.97. The number of hydrogen-bond acceptors (Lipinski definition) is 3. The first kappa shape index (κ1) is 22.1. The van der Waals surface area contributed by atoms with E-state index in [4.69, 9.17) is 0 Å². The van der Waals surface area contributed by atoms with Crippen molar-refractivity contribution >= 4 is 15.9 Å². The van der Waals surface area contributed by atoms with Crippen molar-refractivity contribution in [2.24, 2.45) is 0 Å². The number of benzene rings is 2. The number of aryl methyl sites for hydroxylation is 4. The maximum Gasteiger partial charge on any atom is 0.243 e. The summed E-state index contributed by atoms with van der Waals surface area (Å²) in [7, 11) is -2.28. The molecule has 0 saturated heterocycles. The fourth-order valence-electron chi connectivity index (χ4n) is 3.44. The zero-order valence-corrected chi connectivity index (χ0v) is 18.1. The standard InChI is InChI=1S/C22H30N2O3S/c1-16-13-17(2)22(18(3)14-16)28(26,27)24(5)15-21(25)23-19(4)11-12-20-9-7-6-8-10-20/h6-10,13-14,19H,11-12,15H2,1-5H3,(H,23,25). The van der Waals surface area contributed by atoms with Crippen molar-refractivity contribution in [1.29, 1.82) is 0 Å². The first-order valence-electron chi connectivity index (χ1n) is 9.48. The van der Waals surface area contributed by atoms with Crippen molar-refractivity contribution < 1.29 is 13.2 Å². The van der Waals surface area contributed by atoms with E-state index in [1.54, 1.807) is 13.8 Å². The van der Waals surface area contributed by atoms with Crippen LogP contribution in [-0.2, 0) is 21.2 Å². The zero-order valence-electron chi connectivity index (χ0n) is 17.3. The van der Waals surface area contributed by atoms with Gasteiger partial charge >= 0.3 is 0 Å². The van der Waals surface area contributed by atoms with Crippen LogP contribution in [-0.4, -0.2) is 38.3 Å². The van der Waals surface area contributed by atoms with Crippen LogP contribution in [0.25, 0.3) is 0 Å². The Kier molecular flexibility index (Phi) is 7.38. The Bertz CT molecular complexity index is 901. The van der Waals surface area contributed by atoms with Gasteiger partial charge in [-0.05, 0) is 57.2 Å². The van der Waals surface area contributed by atoms with Crippen LogP contribution in [0.3, 0.4) is 0 Å². The lowest BCUT2D eigenvalue weighted by molar-refractivity contribution is -0.121. The van der Waals surface area contributed by atoms with E-state index in [-0.39, 0.29) is 23.4 Å². The Hall–Kier alpha value is -2.18. The molecule has 0 radical (unpaired) electrons. The number of carbonyl (C=O) groups is 1. The van der Waals surface area contributed by atoms with E-state index in [2.05, 4.69) is 17.4 Å². The van der Waals surface area contributed by atoms with Crippen LogP contribution in [0.4, 0.5) is 0 Å². The van der Waals surface area contributed by atoms with E-state index < -0.39 is 10.0 Å². The Morgan fingerprint density at radius 2 is 1.64 bits per heavy atom. The Balaban J connectivity index is 1.97. The Morgan fingerprint density at radius 1 is 1.07 bits per heavy atom. The van der Waals surface area contributed by atoms with E-state index in [9.17, 15) is 13.2 Å². The first-order chi connectivity index (χ1) is 13.1. The average molecular weight is 403 g/mol. The van der Waals surface area contributed by atoms with Crippen LogP contribution in [0.1, 0.15) is 35.6 Å². The second-order valence-electron chi connectivity index (χ2n) is 7.48. The van der Waals surface area contributed by atoms with Gasteiger partial charge in [-0.3, -0.25) is 4.79 Å². The highest BCUT2D eigenvalue weighted by atomic mass is 32.2. The molecular formula is C22H30N2O3S. The molecule has 5 nitrogen and oxygen atoms in total. The first-order valence-corrected chi connectivity index (χ1v) is 10.9. The molecule has 0 saturated carbocycles. The number of rotatable bonds is 8. The molecule has 6 heteroatoms. The minimum Gasteiger partial charge on any atom is -0.352 e. The van der Waals surface area contributed by atoms with Gasteiger partial charge in [0.15, 0.2) is 0 Å². The summed E-state index contributed by atoms with van der Waals surface area (Å²) in [6.07, 6.45) is 1.65. The van der Waals surface area contributed by atoms with Crippen LogP contribution < -0.4 is 5.32 Å². The van der Waals surface area contributed by atoms with Crippen molar-refractivity contribution in [2.75, 3.05) is 13.6 Å². The molecule has 1 unspecified atom stereocenters. The molecule has 0 spiro atoms. The summed E-state index contributed by atoms with van der Waals surface area (Å²) in [5, 5.41) is 2.90. The molecule has 152 valence electrons. The van der Waals surface area contributed by atoms with Gasteiger partial charge in [-0.15, -0.1) is 0 Å². The highest BCUT2D eigenvalue weighted by Crippen LogP contribution is 2.24. The second-order valence-corrected chi connectivity index (χ2v) is 9.46. The molecule has 2 rings (SSSR count). The molecule has 2 aromatic carbocycles. The SMILES string of the molecule is Cc1cc(C)c(S(=O)(=O)N(C)CC(=O)NC(C)CCc2ccccc2)c(C)c1. The quantitative estimate of drug-likeness (QED) is 0.736. The predicted octanol–water partition coefficient (Wildman–Crippen LogP) is 3.37. The molecule has 0 aliphatic rings. The minimum absolute atomic E-state index is 0.0355. The molecule has 1 amide bonds. The minimum atomic E-state index is -3.73. The maximum atomic E-state index is 13.0. The second kappa shape index (κ2) is 9.34. The van der Waals surface area contributed by atoms with Crippen molar-refractivity contribution in [2.45, 2.75) is 51.5 Å². The van der Waals surface area contributed by atoms with Crippen molar-refractivity contribution in [1.82, 2.24) is 9.62 Å². The maximum absolute atomic E-state index is 13.0. The molecule has 28 heavy (non-hydrogen) atoms. The molecule has 2 aromatic rings. The van der Waals surface area contributed by atoms with E-state index in [0.29, 0.717) is 11.1 Å². The van der Waals surface area contributed by atoms with Crippen LogP contribution in [0.2, 0.25) is 0 Å². The molecular weight excluding hydrogens is 372 g/mol. The lowest BCUT2D eigenvalue weighted by Crippen LogP contribution is -2.42. The van der Waals surface area contributed by atoms with Gasteiger partial charge in [-0.25, -0.2) is 8.42 Å². The molecule has 0 fully saturated rings. The monoisotopic (exact) mass is 402 g/mol. The van der Waals surface area contributed by atoms with Gasteiger partial charge < -0.3 is 5.32 Å². The zero-order chi connectivity index (χ0) is 20.9. The van der Waals surface area contributed by atoms with Gasteiger partial charge in [0.25, 0.3) is 0 Å². The molecule has 0 heterocycles. The summed E-state index contributed by atoms with van der Waals surface area (Å²) in [6.45, 7) is 7.23. The van der Waals surface area contributed by atoms with Gasteiger partial charge in [-0.1, -0.05) is 48.0 Å². The average Bonchev–Trinajstić information content (AvgIpc) is 2.59. The molecule has 1 N–H and O–H groups in total. The highest BCUT2D eigenvalue weighted by molar-refractivity contribution is 7.89. The number of carbonyl (C=O) groups excluding carboxylic acids is 1. The highest BCUT2D eigenvalue weighted by Gasteiger charge is 2.26. The summed E-state index contributed by atoms with van der Waals surface area (Å²) in [5.41, 5.74) is 3.62. The van der Waals surface area contributed by atoms with Gasteiger partial charge in [0.2, 0.25) is 15.9 Å². The van der Waals surface area contributed by atoms with E-state index in [1.807, 2.05) is 44.2 Å². The number of likely N-dealkylation sites (N-methyl/N-ethyl adjacent to an activating group) is 1. The summed E-state index contributed by atoms with van der Waals surface area (Å²) in [6, 6.07) is 13.7. The van der Waals surface area contributed by atoms with Crippen molar-refractivity contribution in [3.05, 3.63) is 64.7 Å². The molecule has 0 aliphatic carbocycles. The van der Waals surface area contributed by atoms with Crippen LogP contribution in [0, 0.1) is 20.8 Å². The summed E-state index contributed by atoms with van der Waals surface area (Å²) < 4.78 is 27.0. The van der Waals surface area contributed by atoms with Crippen LogP contribution in [0.15, 0.2) is 47.4 Å². The van der Waals surface area contributed by atoms with E-state index in [1.165, 1.54) is 12.6 Å². The number of nitrogens with one attached hydrogen (secondary N) is 1. The molecule has 0 bridgehead atoms. The largest absolute Gasteiger partial charge is 0.352 e. The number of hydrogen-bond donors (Lipinski definition) is 1. The van der Waals surface area contributed by atoms with Crippen molar-refractivity contribution in [3.63, 3.8) is 0 Å². The lowest BCUT2D eigenvalue weighted by atomic mass is 10.1. The van der Waals surface area contributed by atoms with Gasteiger partial charge in [0, 0.05) is 13.1 Å². The smallest absolute Gasteiger partial charge is 0.243 e. The summed E-state index contributed by atoms with van der Waals surface area (Å²) >= 11 is 0. The van der Waals surface area contributed by atoms with Gasteiger partial charge in [0.1, 0.15) is 0 Å². The number of sulfonamides is 1. The summed E-state index contributed by atoms with van der Waals surface area (Å²) in [4.78, 5) is 12.6. The van der Waals surface area contributed by atoms with Crippen LogP contribution >= 0.6 is 0 Å². The fraction of sp³-hybridized carbons (Fsp3) is 0.409. The van der Waals surface area contributed by atoms with E-state index in [0.717, 1.165) is 22.7 Å². The normalized spacial score (nSPS) is 12.8. The number of amides is 1. The summed E-state index contributed by atoms with van der Waals surface area (Å²) in [5.74, 6) is -0.297. The van der Waals surface area contributed by atoms with Gasteiger partial charge in [-0.2, -0.15) is 4.31 Å². The molecule has 0 aromatic heterocycles. The third-order valence-electron chi connectivity index (χ3n) is 4.76. The van der Waals surface area contributed by atoms with Crippen LogP contribution in [0.5, 0.6) is 0 Å². The topological polar surface area (TPSA) is 66.5 Å². The predicted molar refractivity (Wildman–Crippen MR) is 113 cm³/mol. The third-order valence-corrected chi connectivity index (χ3v) is 6.87. The lowest BCUT2D eigenvalue weighted by Gasteiger charge is -2.21. The molecule has 1 atom stereocenters. The third kappa shape index (κ3) is 5.66. The number of nitrogens with zero attached hydrogens (tertiary/aromatic N) is 1. The Labute approximate surface area is 168 Å². The van der Waals surface area contributed by atoms with E-state index >= 15 is 0 Å². The van der Waals surface area contributed by atoms with Gasteiger partial charge in [0.05, 0.1) is 11.4 Å².